The van der Waals surface area contributed by atoms with Gasteiger partial charge < -0.3 is 9.64 Å². The van der Waals surface area contributed by atoms with Gasteiger partial charge in [-0.1, -0.05) is 23.7 Å². The molecule has 1 atom stereocenters. The molecule has 30 heavy (non-hydrogen) atoms. The Morgan fingerprint density at radius 3 is 2.70 bits per heavy atom. The number of likely N-dealkylation sites (tertiary alicyclic amines) is 1. The molecule has 2 aliphatic heterocycles. The molecular formula is C22H30ClN5O2. The van der Waals surface area contributed by atoms with Gasteiger partial charge in [0.15, 0.2) is 0 Å². The molecule has 0 saturated carbocycles. The zero-order chi connectivity index (χ0) is 20.9. The molecule has 2 aromatic rings. The molecule has 0 spiro atoms. The molecule has 4 rings (SSSR count). The number of nitrogens with zero attached hydrogens (tertiary/aromatic N) is 4. The summed E-state index contributed by atoms with van der Waals surface area (Å²) in [6.07, 6.45) is 4.16. The lowest BCUT2D eigenvalue weighted by Crippen LogP contribution is -2.55. The van der Waals surface area contributed by atoms with Crippen molar-refractivity contribution >= 4 is 17.7 Å². The van der Waals surface area contributed by atoms with Crippen molar-refractivity contribution in [3.8, 4) is 11.3 Å². The third-order valence-electron chi connectivity index (χ3n) is 6.08. The monoisotopic (exact) mass is 431 g/mol. The van der Waals surface area contributed by atoms with E-state index in [0.29, 0.717) is 12.6 Å². The van der Waals surface area contributed by atoms with Gasteiger partial charge in [-0.15, -0.1) is 0 Å². The van der Waals surface area contributed by atoms with Gasteiger partial charge in [-0.05, 0) is 44.0 Å². The molecule has 1 aromatic heterocycles. The standard InChI is InChI=1S/C22H30ClN5O2/c1-2-30-22(29)28-12-10-27(11-13-28)20-4-3-9-26(16-20)15-18-14-24-25-21(18)17-5-7-19(23)8-6-17/h5-8,14,20H,2-4,9-13,15-16H2,1H3,(H,24,25)/t20-/m0/s1. The number of hydrogen-bond acceptors (Lipinski definition) is 5. The minimum Gasteiger partial charge on any atom is -0.450 e. The number of halogens is 1. The van der Waals surface area contributed by atoms with Gasteiger partial charge in [0.1, 0.15) is 0 Å². The summed E-state index contributed by atoms with van der Waals surface area (Å²) in [5.41, 5.74) is 3.39. The first-order valence-electron chi connectivity index (χ1n) is 10.8. The van der Waals surface area contributed by atoms with Crippen LogP contribution in [0.4, 0.5) is 4.79 Å². The summed E-state index contributed by atoms with van der Waals surface area (Å²) < 4.78 is 5.14. The number of aromatic nitrogens is 2. The number of amides is 1. The quantitative estimate of drug-likeness (QED) is 0.785. The Kier molecular flexibility index (Phi) is 6.92. The Labute approximate surface area is 182 Å². The highest BCUT2D eigenvalue weighted by atomic mass is 35.5. The molecule has 1 amide bonds. The maximum atomic E-state index is 11.9. The highest BCUT2D eigenvalue weighted by Crippen LogP contribution is 2.26. The zero-order valence-electron chi connectivity index (χ0n) is 17.5. The molecule has 0 unspecified atom stereocenters. The van der Waals surface area contributed by atoms with Gasteiger partial charge in [0, 0.05) is 55.9 Å². The van der Waals surface area contributed by atoms with Crippen LogP contribution in [0, 0.1) is 0 Å². The minimum atomic E-state index is -0.183. The van der Waals surface area contributed by atoms with Crippen LogP contribution in [0.15, 0.2) is 30.5 Å². The van der Waals surface area contributed by atoms with Crippen LogP contribution >= 0.6 is 11.6 Å². The number of aromatic amines is 1. The number of carbonyl (C=O) groups excluding carboxylic acids is 1. The predicted octanol–water partition coefficient (Wildman–Crippen LogP) is 3.47. The molecule has 162 valence electrons. The average molecular weight is 432 g/mol. The third-order valence-corrected chi connectivity index (χ3v) is 6.33. The number of ether oxygens (including phenoxy) is 1. The van der Waals surface area contributed by atoms with E-state index in [1.807, 2.05) is 42.3 Å². The molecule has 2 aliphatic rings. The largest absolute Gasteiger partial charge is 0.450 e. The van der Waals surface area contributed by atoms with Gasteiger partial charge >= 0.3 is 6.09 Å². The summed E-state index contributed by atoms with van der Waals surface area (Å²) in [4.78, 5) is 18.8. The number of H-pyrrole nitrogens is 1. The van der Waals surface area contributed by atoms with Crippen molar-refractivity contribution in [1.29, 1.82) is 0 Å². The van der Waals surface area contributed by atoms with Gasteiger partial charge in [0.2, 0.25) is 0 Å². The molecule has 2 fully saturated rings. The number of hydrogen-bond donors (Lipinski definition) is 1. The van der Waals surface area contributed by atoms with E-state index in [1.54, 1.807) is 0 Å². The van der Waals surface area contributed by atoms with Gasteiger partial charge in [0.05, 0.1) is 18.5 Å². The third kappa shape index (κ3) is 4.96. The van der Waals surface area contributed by atoms with Crippen LogP contribution in [0.5, 0.6) is 0 Å². The van der Waals surface area contributed by atoms with Crippen LogP contribution in [-0.2, 0) is 11.3 Å². The van der Waals surface area contributed by atoms with E-state index in [9.17, 15) is 4.79 Å². The molecule has 7 nitrogen and oxygen atoms in total. The van der Waals surface area contributed by atoms with Crippen LogP contribution in [0.2, 0.25) is 5.02 Å². The van der Waals surface area contributed by atoms with E-state index in [-0.39, 0.29) is 6.09 Å². The Hall–Kier alpha value is -2.09. The first kappa shape index (κ1) is 21.2. The van der Waals surface area contributed by atoms with Gasteiger partial charge in [0.25, 0.3) is 0 Å². The molecule has 1 N–H and O–H groups in total. The van der Waals surface area contributed by atoms with E-state index in [1.165, 1.54) is 18.4 Å². The van der Waals surface area contributed by atoms with Gasteiger partial charge in [-0.25, -0.2) is 4.79 Å². The molecule has 3 heterocycles. The molecule has 0 radical (unpaired) electrons. The average Bonchev–Trinajstić information content (AvgIpc) is 3.23. The summed E-state index contributed by atoms with van der Waals surface area (Å²) in [7, 11) is 0. The SMILES string of the molecule is CCOC(=O)N1CCN([C@H]2CCCN(Cc3cn[nH]c3-c3ccc(Cl)cc3)C2)CC1. The maximum absolute atomic E-state index is 11.9. The zero-order valence-corrected chi connectivity index (χ0v) is 18.3. The first-order valence-corrected chi connectivity index (χ1v) is 11.2. The number of piperazine rings is 1. The second kappa shape index (κ2) is 9.81. The fourth-order valence-corrected chi connectivity index (χ4v) is 4.62. The smallest absolute Gasteiger partial charge is 0.409 e. The normalized spacial score (nSPS) is 21.0. The number of nitrogens with one attached hydrogen (secondary N) is 1. The summed E-state index contributed by atoms with van der Waals surface area (Å²) in [6.45, 7) is 8.64. The summed E-state index contributed by atoms with van der Waals surface area (Å²) >= 11 is 6.03. The van der Waals surface area contributed by atoms with Crippen molar-refractivity contribution in [2.24, 2.45) is 0 Å². The fraction of sp³-hybridized carbons (Fsp3) is 0.545. The lowest BCUT2D eigenvalue weighted by atomic mass is 10.0. The van der Waals surface area contributed by atoms with Crippen molar-refractivity contribution < 1.29 is 9.53 Å². The Morgan fingerprint density at radius 1 is 1.20 bits per heavy atom. The van der Waals surface area contributed by atoms with Crippen LogP contribution in [0.3, 0.4) is 0 Å². The van der Waals surface area contributed by atoms with Crippen LogP contribution in [0.1, 0.15) is 25.3 Å². The van der Waals surface area contributed by atoms with E-state index in [2.05, 4.69) is 20.0 Å². The van der Waals surface area contributed by atoms with Gasteiger partial charge in [-0.2, -0.15) is 5.10 Å². The molecule has 2 saturated heterocycles. The Bertz CT molecular complexity index is 832. The van der Waals surface area contributed by atoms with Crippen LogP contribution in [0.25, 0.3) is 11.3 Å². The molecular weight excluding hydrogens is 402 g/mol. The number of carbonyl (C=O) groups is 1. The first-order chi connectivity index (χ1) is 14.6. The van der Waals surface area contributed by atoms with Crippen molar-refractivity contribution in [2.45, 2.75) is 32.4 Å². The van der Waals surface area contributed by atoms with E-state index in [4.69, 9.17) is 16.3 Å². The van der Waals surface area contributed by atoms with Crippen molar-refractivity contribution in [3.63, 3.8) is 0 Å². The molecule has 1 aromatic carbocycles. The van der Waals surface area contributed by atoms with Crippen LogP contribution < -0.4 is 0 Å². The Balaban J connectivity index is 1.34. The fourth-order valence-electron chi connectivity index (χ4n) is 4.50. The van der Waals surface area contributed by atoms with E-state index < -0.39 is 0 Å². The second-order valence-electron chi connectivity index (χ2n) is 8.03. The number of rotatable bonds is 5. The molecule has 0 aliphatic carbocycles. The second-order valence-corrected chi connectivity index (χ2v) is 8.47. The van der Waals surface area contributed by atoms with Crippen LogP contribution in [-0.4, -0.2) is 82.9 Å². The van der Waals surface area contributed by atoms with Gasteiger partial charge in [-0.3, -0.25) is 14.9 Å². The van der Waals surface area contributed by atoms with Crippen molar-refractivity contribution in [1.82, 2.24) is 24.9 Å². The maximum Gasteiger partial charge on any atom is 0.409 e. The molecule has 0 bridgehead atoms. The predicted molar refractivity (Wildman–Crippen MR) is 118 cm³/mol. The summed E-state index contributed by atoms with van der Waals surface area (Å²) in [5, 5.41) is 8.18. The topological polar surface area (TPSA) is 64.7 Å². The van der Waals surface area contributed by atoms with E-state index in [0.717, 1.165) is 62.1 Å². The summed E-state index contributed by atoms with van der Waals surface area (Å²) in [5.74, 6) is 0. The summed E-state index contributed by atoms with van der Waals surface area (Å²) in [6, 6.07) is 8.42. The lowest BCUT2D eigenvalue weighted by molar-refractivity contribution is 0.0413. The highest BCUT2D eigenvalue weighted by Gasteiger charge is 2.30. The highest BCUT2D eigenvalue weighted by molar-refractivity contribution is 6.30. The van der Waals surface area contributed by atoms with Crippen molar-refractivity contribution in [3.05, 3.63) is 41.0 Å². The lowest BCUT2D eigenvalue weighted by Gasteiger charge is -2.43. The minimum absolute atomic E-state index is 0.183. The van der Waals surface area contributed by atoms with Crippen molar-refractivity contribution in [2.75, 3.05) is 45.9 Å². The number of benzene rings is 1. The molecule has 8 heteroatoms. The van der Waals surface area contributed by atoms with E-state index >= 15 is 0 Å². The Morgan fingerprint density at radius 2 is 1.97 bits per heavy atom. The number of piperidine rings is 1.